The first-order valence-electron chi connectivity index (χ1n) is 6.20. The van der Waals surface area contributed by atoms with Crippen LogP contribution >= 0.6 is 0 Å². The number of carbonyl (C=O) groups excluding carboxylic acids is 1. The normalized spacial score (nSPS) is 19.8. The minimum atomic E-state index is 0.0754. The Hall–Kier alpha value is -0.610. The van der Waals surface area contributed by atoms with E-state index < -0.39 is 0 Å². The molecule has 0 aromatic rings. The monoisotopic (exact) mass is 229 g/mol. The third kappa shape index (κ3) is 3.76. The van der Waals surface area contributed by atoms with Crippen LogP contribution in [-0.2, 0) is 9.53 Å². The molecule has 1 N–H and O–H groups in total. The van der Waals surface area contributed by atoms with Crippen LogP contribution in [0.1, 0.15) is 33.1 Å². The van der Waals surface area contributed by atoms with Crippen molar-refractivity contribution in [3.8, 4) is 0 Å². The van der Waals surface area contributed by atoms with Crippen LogP contribution in [-0.4, -0.2) is 48.3 Å². The van der Waals surface area contributed by atoms with E-state index >= 15 is 0 Å². The Morgan fingerprint density at radius 3 is 2.62 bits per heavy atom. The highest BCUT2D eigenvalue weighted by Crippen LogP contribution is 2.16. The minimum Gasteiger partial charge on any atom is -0.394 e. The zero-order valence-electron chi connectivity index (χ0n) is 10.3. The van der Waals surface area contributed by atoms with Crippen LogP contribution in [0.5, 0.6) is 0 Å². The lowest BCUT2D eigenvalue weighted by atomic mass is 10.0. The molecule has 1 amide bonds. The lowest BCUT2D eigenvalue weighted by Gasteiger charge is -2.33. The van der Waals surface area contributed by atoms with E-state index in [0.717, 1.165) is 32.4 Å². The predicted molar refractivity (Wildman–Crippen MR) is 62.1 cm³/mol. The molecule has 16 heavy (non-hydrogen) atoms. The summed E-state index contributed by atoms with van der Waals surface area (Å²) in [5.41, 5.74) is 0. The van der Waals surface area contributed by atoms with Crippen molar-refractivity contribution in [2.45, 2.75) is 39.2 Å². The lowest BCUT2D eigenvalue weighted by Crippen LogP contribution is -2.43. The van der Waals surface area contributed by atoms with Crippen LogP contribution in [0.4, 0.5) is 0 Å². The van der Waals surface area contributed by atoms with Crippen LogP contribution in [0.25, 0.3) is 0 Å². The van der Waals surface area contributed by atoms with E-state index in [1.807, 2.05) is 18.7 Å². The summed E-state index contributed by atoms with van der Waals surface area (Å²) in [7, 11) is 0. The fourth-order valence-electron chi connectivity index (χ4n) is 1.95. The molecule has 1 unspecified atom stereocenters. The first-order valence-corrected chi connectivity index (χ1v) is 6.20. The maximum absolute atomic E-state index is 11.9. The van der Waals surface area contributed by atoms with Gasteiger partial charge in [-0.05, 0) is 19.3 Å². The lowest BCUT2D eigenvalue weighted by molar-refractivity contribution is -0.137. The van der Waals surface area contributed by atoms with Gasteiger partial charge in [-0.1, -0.05) is 13.8 Å². The molecular formula is C12H23NO3. The molecule has 1 heterocycles. The zero-order valence-corrected chi connectivity index (χ0v) is 10.3. The van der Waals surface area contributed by atoms with Gasteiger partial charge in [0.25, 0.3) is 0 Å². The predicted octanol–water partition coefficient (Wildman–Crippen LogP) is 1.03. The van der Waals surface area contributed by atoms with E-state index in [9.17, 15) is 4.79 Å². The molecule has 94 valence electrons. The van der Waals surface area contributed by atoms with Gasteiger partial charge in [-0.2, -0.15) is 0 Å². The quantitative estimate of drug-likeness (QED) is 0.766. The van der Waals surface area contributed by atoms with Crippen LogP contribution in [0.3, 0.4) is 0 Å². The Balaban J connectivity index is 2.28. The van der Waals surface area contributed by atoms with E-state index in [0.29, 0.717) is 6.61 Å². The SMILES string of the molecule is CCC(C)C(=O)N1CCC(OCCO)CC1. The van der Waals surface area contributed by atoms with Crippen molar-refractivity contribution in [2.24, 2.45) is 5.92 Å². The topological polar surface area (TPSA) is 49.8 Å². The first-order chi connectivity index (χ1) is 7.69. The standard InChI is InChI=1S/C12H23NO3/c1-3-10(2)12(15)13-6-4-11(5-7-13)16-9-8-14/h10-11,14H,3-9H2,1-2H3. The van der Waals surface area contributed by atoms with Gasteiger partial charge in [0.15, 0.2) is 0 Å². The van der Waals surface area contributed by atoms with Gasteiger partial charge in [0.2, 0.25) is 5.91 Å². The Kier molecular flexibility index (Phi) is 5.77. The number of aliphatic hydroxyl groups excluding tert-OH is 1. The molecule has 1 aliphatic rings. The molecule has 4 nitrogen and oxygen atoms in total. The van der Waals surface area contributed by atoms with Gasteiger partial charge >= 0.3 is 0 Å². The third-order valence-electron chi connectivity index (χ3n) is 3.23. The van der Waals surface area contributed by atoms with Gasteiger partial charge in [0.1, 0.15) is 0 Å². The van der Waals surface area contributed by atoms with E-state index in [1.54, 1.807) is 0 Å². The summed E-state index contributed by atoms with van der Waals surface area (Å²) < 4.78 is 5.46. The Bertz CT molecular complexity index is 212. The summed E-state index contributed by atoms with van der Waals surface area (Å²) in [6.45, 7) is 6.09. The molecule has 0 saturated carbocycles. The molecule has 0 aromatic heterocycles. The number of nitrogens with zero attached hydrogens (tertiary/aromatic N) is 1. The van der Waals surface area contributed by atoms with E-state index in [1.165, 1.54) is 0 Å². The van der Waals surface area contributed by atoms with E-state index in [4.69, 9.17) is 9.84 Å². The van der Waals surface area contributed by atoms with Gasteiger partial charge in [-0.3, -0.25) is 4.79 Å². The second-order valence-electron chi connectivity index (χ2n) is 4.43. The number of likely N-dealkylation sites (tertiary alicyclic amines) is 1. The van der Waals surface area contributed by atoms with Gasteiger partial charge < -0.3 is 14.7 Å². The molecule has 0 radical (unpaired) electrons. The summed E-state index contributed by atoms with van der Waals surface area (Å²) in [5.74, 6) is 0.401. The molecule has 0 spiro atoms. The number of carbonyl (C=O) groups is 1. The molecule has 0 bridgehead atoms. The van der Waals surface area contributed by atoms with Crippen molar-refractivity contribution in [3.05, 3.63) is 0 Å². The molecule has 0 aromatic carbocycles. The number of rotatable bonds is 5. The van der Waals surface area contributed by atoms with Crippen molar-refractivity contribution in [1.82, 2.24) is 4.90 Å². The number of hydrogen-bond donors (Lipinski definition) is 1. The first kappa shape index (κ1) is 13.5. The summed E-state index contributed by atoms with van der Waals surface area (Å²) in [6, 6.07) is 0. The van der Waals surface area contributed by atoms with Crippen molar-refractivity contribution < 1.29 is 14.6 Å². The highest BCUT2D eigenvalue weighted by Gasteiger charge is 2.25. The second kappa shape index (κ2) is 6.86. The average Bonchev–Trinajstić information content (AvgIpc) is 2.35. The molecule has 1 atom stereocenters. The number of amides is 1. The highest BCUT2D eigenvalue weighted by molar-refractivity contribution is 5.78. The van der Waals surface area contributed by atoms with Crippen molar-refractivity contribution in [1.29, 1.82) is 0 Å². The van der Waals surface area contributed by atoms with Crippen LogP contribution < -0.4 is 0 Å². The molecule has 1 aliphatic heterocycles. The average molecular weight is 229 g/mol. The molecular weight excluding hydrogens is 206 g/mol. The number of aliphatic hydroxyl groups is 1. The minimum absolute atomic E-state index is 0.0754. The molecule has 0 aliphatic carbocycles. The molecule has 1 fully saturated rings. The fraction of sp³-hybridized carbons (Fsp3) is 0.917. The van der Waals surface area contributed by atoms with Gasteiger partial charge in [-0.25, -0.2) is 0 Å². The Morgan fingerprint density at radius 2 is 2.12 bits per heavy atom. The summed E-state index contributed by atoms with van der Waals surface area (Å²) >= 11 is 0. The second-order valence-corrected chi connectivity index (χ2v) is 4.43. The van der Waals surface area contributed by atoms with Gasteiger partial charge in [0.05, 0.1) is 19.3 Å². The van der Waals surface area contributed by atoms with Gasteiger partial charge in [0, 0.05) is 19.0 Å². The largest absolute Gasteiger partial charge is 0.394 e. The summed E-state index contributed by atoms with van der Waals surface area (Å²) in [5, 5.41) is 8.65. The molecule has 4 heteroatoms. The Morgan fingerprint density at radius 1 is 1.50 bits per heavy atom. The number of piperidine rings is 1. The zero-order chi connectivity index (χ0) is 12.0. The van der Waals surface area contributed by atoms with Crippen LogP contribution in [0, 0.1) is 5.92 Å². The summed E-state index contributed by atoms with van der Waals surface area (Å²) in [4.78, 5) is 13.8. The smallest absolute Gasteiger partial charge is 0.225 e. The molecule has 1 rings (SSSR count). The third-order valence-corrected chi connectivity index (χ3v) is 3.23. The van der Waals surface area contributed by atoms with Crippen molar-refractivity contribution >= 4 is 5.91 Å². The molecule has 1 saturated heterocycles. The van der Waals surface area contributed by atoms with Crippen LogP contribution in [0.15, 0.2) is 0 Å². The summed E-state index contributed by atoms with van der Waals surface area (Å²) in [6.07, 6.45) is 2.90. The maximum atomic E-state index is 11.9. The van der Waals surface area contributed by atoms with Gasteiger partial charge in [-0.15, -0.1) is 0 Å². The van der Waals surface area contributed by atoms with Crippen LogP contribution in [0.2, 0.25) is 0 Å². The van der Waals surface area contributed by atoms with Crippen molar-refractivity contribution in [2.75, 3.05) is 26.3 Å². The number of ether oxygens (including phenoxy) is 1. The maximum Gasteiger partial charge on any atom is 0.225 e. The van der Waals surface area contributed by atoms with Crippen molar-refractivity contribution in [3.63, 3.8) is 0 Å². The van der Waals surface area contributed by atoms with E-state index in [-0.39, 0.29) is 24.5 Å². The number of hydrogen-bond acceptors (Lipinski definition) is 3. The van der Waals surface area contributed by atoms with E-state index in [2.05, 4.69) is 0 Å². The Labute approximate surface area is 97.6 Å². The fourth-order valence-corrected chi connectivity index (χ4v) is 1.95. The highest BCUT2D eigenvalue weighted by atomic mass is 16.5.